The fourth-order valence-corrected chi connectivity index (χ4v) is 4.27. The Balaban J connectivity index is 1.47. The Bertz CT molecular complexity index is 859. The molecular formula is C26H34N2O3. The first-order valence-corrected chi connectivity index (χ1v) is 11.7. The summed E-state index contributed by atoms with van der Waals surface area (Å²) in [4.78, 5) is 2.49. The van der Waals surface area contributed by atoms with Crippen molar-refractivity contribution in [1.82, 2.24) is 4.90 Å². The highest BCUT2D eigenvalue weighted by Gasteiger charge is 2.22. The zero-order valence-corrected chi connectivity index (χ0v) is 18.6. The van der Waals surface area contributed by atoms with Crippen LogP contribution in [-0.2, 0) is 11.2 Å². The maximum absolute atomic E-state index is 8.60. The molecule has 0 unspecified atom stereocenters. The Morgan fingerprint density at radius 3 is 2.52 bits per heavy atom. The molecule has 5 heteroatoms. The van der Waals surface area contributed by atoms with Crippen LogP contribution in [0.1, 0.15) is 61.8 Å². The molecule has 1 saturated heterocycles. The van der Waals surface area contributed by atoms with Crippen molar-refractivity contribution in [3.63, 3.8) is 0 Å². The molecule has 1 fully saturated rings. The Morgan fingerprint density at radius 2 is 1.77 bits per heavy atom. The van der Waals surface area contributed by atoms with Gasteiger partial charge in [-0.1, -0.05) is 31.5 Å². The van der Waals surface area contributed by atoms with E-state index in [0.29, 0.717) is 13.2 Å². The van der Waals surface area contributed by atoms with Crippen LogP contribution in [0.2, 0.25) is 0 Å². The first-order valence-electron chi connectivity index (χ1n) is 11.7. The third-order valence-corrected chi connectivity index (χ3v) is 6.14. The van der Waals surface area contributed by atoms with Crippen LogP contribution in [0.15, 0.2) is 42.5 Å². The third-order valence-electron chi connectivity index (χ3n) is 6.14. The van der Waals surface area contributed by atoms with E-state index >= 15 is 0 Å². The van der Waals surface area contributed by atoms with Crippen LogP contribution in [-0.4, -0.2) is 43.6 Å². The lowest BCUT2D eigenvalue weighted by Gasteiger charge is -2.25. The Labute approximate surface area is 185 Å². The highest BCUT2D eigenvalue weighted by Crippen LogP contribution is 2.35. The molecule has 0 saturated carbocycles. The van der Waals surface area contributed by atoms with E-state index in [9.17, 15) is 0 Å². The van der Waals surface area contributed by atoms with Gasteiger partial charge in [-0.25, -0.2) is 0 Å². The van der Waals surface area contributed by atoms with Crippen LogP contribution in [0.3, 0.4) is 0 Å². The van der Waals surface area contributed by atoms with E-state index in [4.69, 9.17) is 19.6 Å². The molecule has 0 radical (unpaired) electrons. The van der Waals surface area contributed by atoms with Gasteiger partial charge in [0.05, 0.1) is 0 Å². The van der Waals surface area contributed by atoms with E-state index in [1.54, 1.807) is 0 Å². The summed E-state index contributed by atoms with van der Waals surface area (Å²) in [7, 11) is 0. The molecule has 31 heavy (non-hydrogen) atoms. The smallest absolute Gasteiger partial charge is 0.213 e. The topological polar surface area (TPSA) is 54.8 Å². The van der Waals surface area contributed by atoms with Gasteiger partial charge < -0.3 is 19.1 Å². The molecular weight excluding hydrogens is 388 g/mol. The molecule has 0 amide bonds. The van der Waals surface area contributed by atoms with Gasteiger partial charge in [-0.2, -0.15) is 0 Å². The summed E-state index contributed by atoms with van der Waals surface area (Å²) in [6.07, 6.45) is 6.66. The zero-order valence-electron chi connectivity index (χ0n) is 18.6. The van der Waals surface area contributed by atoms with Crippen molar-refractivity contribution in [3.05, 3.63) is 59.2 Å². The van der Waals surface area contributed by atoms with Crippen LogP contribution >= 0.6 is 0 Å². The molecule has 4 rings (SSSR count). The van der Waals surface area contributed by atoms with Gasteiger partial charge in [-0.05, 0) is 74.2 Å². The summed E-state index contributed by atoms with van der Waals surface area (Å²) < 4.78 is 17.7. The number of nitrogens with one attached hydrogen (secondary N) is 1. The standard InChI is InChI=1S/C26H34N2O3/c1-2-3-6-20-7-9-21(10-8-20)26(27)31-23(13-16-28-14-4-5-15-28)22-11-12-24-25(19-22)30-18-17-29-24/h7-12,19,23,27H,2-6,13-18H2,1H3/t23-/m0/s1. The average molecular weight is 423 g/mol. The van der Waals surface area contributed by atoms with E-state index in [1.165, 1.54) is 31.2 Å². The van der Waals surface area contributed by atoms with Gasteiger partial charge >= 0.3 is 0 Å². The van der Waals surface area contributed by atoms with E-state index in [-0.39, 0.29) is 12.0 Å². The van der Waals surface area contributed by atoms with Crippen molar-refractivity contribution in [1.29, 1.82) is 5.41 Å². The summed E-state index contributed by atoms with van der Waals surface area (Å²) in [6.45, 7) is 6.64. The molecule has 2 heterocycles. The van der Waals surface area contributed by atoms with E-state index in [1.807, 2.05) is 30.3 Å². The summed E-state index contributed by atoms with van der Waals surface area (Å²) in [5, 5.41) is 8.60. The highest BCUT2D eigenvalue weighted by atomic mass is 16.6. The Morgan fingerprint density at radius 1 is 1.03 bits per heavy atom. The van der Waals surface area contributed by atoms with Gasteiger partial charge in [-0.3, -0.25) is 5.41 Å². The van der Waals surface area contributed by atoms with Crippen molar-refractivity contribution in [2.24, 2.45) is 0 Å². The minimum Gasteiger partial charge on any atom is -0.486 e. The van der Waals surface area contributed by atoms with Crippen LogP contribution < -0.4 is 9.47 Å². The van der Waals surface area contributed by atoms with Gasteiger partial charge in [0, 0.05) is 18.5 Å². The second-order valence-corrected chi connectivity index (χ2v) is 8.48. The molecule has 2 aromatic rings. The molecule has 0 aliphatic carbocycles. The lowest BCUT2D eigenvalue weighted by molar-refractivity contribution is 0.155. The van der Waals surface area contributed by atoms with Crippen LogP contribution in [0.5, 0.6) is 11.5 Å². The molecule has 2 aliphatic heterocycles. The number of hydrogen-bond donors (Lipinski definition) is 1. The summed E-state index contributed by atoms with van der Waals surface area (Å²) in [6, 6.07) is 14.3. The van der Waals surface area contributed by atoms with E-state index in [0.717, 1.165) is 55.1 Å². The summed E-state index contributed by atoms with van der Waals surface area (Å²) in [5.74, 6) is 1.78. The predicted molar refractivity (Wildman–Crippen MR) is 123 cm³/mol. The average Bonchev–Trinajstić information content (AvgIpc) is 3.34. The molecule has 0 spiro atoms. The minimum atomic E-state index is -0.191. The molecule has 0 bridgehead atoms. The largest absolute Gasteiger partial charge is 0.486 e. The second kappa shape index (κ2) is 10.7. The van der Waals surface area contributed by atoms with Gasteiger partial charge in [0.2, 0.25) is 5.90 Å². The number of unbranched alkanes of at least 4 members (excludes halogenated alkanes) is 1. The third kappa shape index (κ3) is 5.79. The van der Waals surface area contributed by atoms with E-state index < -0.39 is 0 Å². The molecule has 2 aromatic carbocycles. The molecule has 0 aromatic heterocycles. The van der Waals surface area contributed by atoms with Gasteiger partial charge in [0.1, 0.15) is 19.3 Å². The molecule has 5 nitrogen and oxygen atoms in total. The second-order valence-electron chi connectivity index (χ2n) is 8.48. The zero-order chi connectivity index (χ0) is 21.5. The maximum Gasteiger partial charge on any atom is 0.213 e. The van der Waals surface area contributed by atoms with Crippen LogP contribution in [0, 0.1) is 5.41 Å². The number of rotatable bonds is 9. The van der Waals surface area contributed by atoms with Gasteiger partial charge in [0.15, 0.2) is 11.5 Å². The number of likely N-dealkylation sites (tertiary alicyclic amines) is 1. The minimum absolute atomic E-state index is 0.191. The number of hydrogen-bond acceptors (Lipinski definition) is 5. The van der Waals surface area contributed by atoms with Crippen LogP contribution in [0.25, 0.3) is 0 Å². The van der Waals surface area contributed by atoms with Crippen LogP contribution in [0.4, 0.5) is 0 Å². The number of fused-ring (bicyclic) bond motifs is 1. The lowest BCUT2D eigenvalue weighted by atomic mass is 10.0. The van der Waals surface area contributed by atoms with Crippen molar-refractivity contribution >= 4 is 5.90 Å². The first-order chi connectivity index (χ1) is 15.2. The predicted octanol–water partition coefficient (Wildman–Crippen LogP) is 5.37. The van der Waals surface area contributed by atoms with Gasteiger partial charge in [0.25, 0.3) is 0 Å². The molecule has 1 atom stereocenters. The maximum atomic E-state index is 8.60. The Hall–Kier alpha value is -2.53. The molecule has 1 N–H and O–H groups in total. The fraction of sp³-hybridized carbons (Fsp3) is 0.500. The number of benzene rings is 2. The first kappa shape index (κ1) is 21.7. The number of aryl methyl sites for hydroxylation is 1. The highest BCUT2D eigenvalue weighted by molar-refractivity contribution is 5.91. The van der Waals surface area contributed by atoms with Crippen molar-refractivity contribution < 1.29 is 14.2 Å². The van der Waals surface area contributed by atoms with Crippen molar-refractivity contribution in [2.75, 3.05) is 32.8 Å². The molecule has 166 valence electrons. The summed E-state index contributed by atoms with van der Waals surface area (Å²) in [5.41, 5.74) is 3.17. The van der Waals surface area contributed by atoms with Crippen molar-refractivity contribution in [2.45, 2.75) is 51.6 Å². The van der Waals surface area contributed by atoms with E-state index in [2.05, 4.69) is 24.0 Å². The monoisotopic (exact) mass is 422 g/mol. The number of ether oxygens (including phenoxy) is 3. The number of nitrogens with zero attached hydrogens (tertiary/aromatic N) is 1. The SMILES string of the molecule is CCCCc1ccc(C(=N)O[C@@H](CCN2CCCC2)c2ccc3c(c2)OCCO3)cc1. The quantitative estimate of drug-likeness (QED) is 0.436. The molecule has 2 aliphatic rings. The van der Waals surface area contributed by atoms with Gasteiger partial charge in [-0.15, -0.1) is 0 Å². The Kier molecular flexibility index (Phi) is 7.47. The van der Waals surface area contributed by atoms with Crippen molar-refractivity contribution in [3.8, 4) is 11.5 Å². The summed E-state index contributed by atoms with van der Waals surface area (Å²) >= 11 is 0. The lowest BCUT2D eigenvalue weighted by Crippen LogP contribution is -2.24. The normalized spacial score (nSPS) is 16.8. The fourth-order valence-electron chi connectivity index (χ4n) is 4.27.